The van der Waals surface area contributed by atoms with E-state index in [9.17, 15) is 14.4 Å². The van der Waals surface area contributed by atoms with Gasteiger partial charge in [0.1, 0.15) is 5.75 Å². The average molecular weight is 552 g/mol. The van der Waals surface area contributed by atoms with E-state index in [4.69, 9.17) is 4.74 Å². The lowest BCUT2D eigenvalue weighted by atomic mass is 9.87. The van der Waals surface area contributed by atoms with Gasteiger partial charge in [0.05, 0.1) is 11.1 Å². The van der Waals surface area contributed by atoms with Gasteiger partial charge in [-0.25, -0.2) is 0 Å². The Morgan fingerprint density at radius 3 is 1.86 bits per heavy atom. The van der Waals surface area contributed by atoms with E-state index in [-0.39, 0.29) is 11.3 Å². The molecule has 0 bridgehead atoms. The minimum Gasteiger partial charge on any atom is -0.492 e. The summed E-state index contributed by atoms with van der Waals surface area (Å²) in [6.07, 6.45) is 0.875. The third-order valence-electron chi connectivity index (χ3n) is 5.36. The number of anilines is 1. The highest BCUT2D eigenvalue weighted by atomic mass is 79.9. The van der Waals surface area contributed by atoms with Crippen molar-refractivity contribution >= 4 is 39.3 Å². The minimum absolute atomic E-state index is 0.00949. The molecule has 188 valence electrons. The van der Waals surface area contributed by atoms with Gasteiger partial charge in [-0.3, -0.25) is 25.2 Å². The van der Waals surface area contributed by atoms with E-state index < -0.39 is 11.8 Å². The quantitative estimate of drug-likeness (QED) is 0.320. The van der Waals surface area contributed by atoms with Gasteiger partial charge in [0.2, 0.25) is 0 Å². The Labute approximate surface area is 219 Å². The molecule has 3 aromatic rings. The molecular formula is C28H30BrN3O4. The molecule has 3 amide bonds. The van der Waals surface area contributed by atoms with Gasteiger partial charge in [-0.15, -0.1) is 0 Å². The molecule has 0 radical (unpaired) electrons. The first-order valence-corrected chi connectivity index (χ1v) is 12.4. The molecule has 36 heavy (non-hydrogen) atoms. The molecule has 0 saturated heterocycles. The first-order valence-electron chi connectivity index (χ1n) is 11.6. The van der Waals surface area contributed by atoms with Crippen LogP contribution in [-0.4, -0.2) is 24.3 Å². The average Bonchev–Trinajstić information content (AvgIpc) is 2.86. The largest absolute Gasteiger partial charge is 0.492 e. The zero-order valence-electron chi connectivity index (χ0n) is 20.8. The monoisotopic (exact) mass is 551 g/mol. The number of benzene rings is 3. The van der Waals surface area contributed by atoms with Gasteiger partial charge >= 0.3 is 0 Å². The second kappa shape index (κ2) is 11.9. The van der Waals surface area contributed by atoms with Crippen molar-refractivity contribution in [2.45, 2.75) is 39.5 Å². The fraction of sp³-hybridized carbons (Fsp3) is 0.250. The van der Waals surface area contributed by atoms with Crippen molar-refractivity contribution in [1.29, 1.82) is 0 Å². The molecule has 0 spiro atoms. The summed E-state index contributed by atoms with van der Waals surface area (Å²) in [4.78, 5) is 37.4. The van der Waals surface area contributed by atoms with Crippen LogP contribution in [0.3, 0.4) is 0 Å². The van der Waals surface area contributed by atoms with E-state index in [1.54, 1.807) is 54.6 Å². The van der Waals surface area contributed by atoms with E-state index >= 15 is 0 Å². The van der Waals surface area contributed by atoms with Crippen LogP contribution in [0.15, 0.2) is 71.2 Å². The topological polar surface area (TPSA) is 96.5 Å². The van der Waals surface area contributed by atoms with E-state index in [1.807, 2.05) is 19.1 Å². The van der Waals surface area contributed by atoms with Crippen molar-refractivity contribution < 1.29 is 19.1 Å². The molecule has 3 N–H and O–H groups in total. The Kier molecular flexibility index (Phi) is 8.88. The van der Waals surface area contributed by atoms with Crippen molar-refractivity contribution in [2.24, 2.45) is 0 Å². The van der Waals surface area contributed by atoms with Crippen molar-refractivity contribution in [3.63, 3.8) is 0 Å². The summed E-state index contributed by atoms with van der Waals surface area (Å²) in [6.45, 7) is 8.93. The number of hydrogen-bond acceptors (Lipinski definition) is 4. The van der Waals surface area contributed by atoms with Gasteiger partial charge in [-0.1, -0.05) is 39.8 Å². The maximum absolute atomic E-state index is 12.6. The Bertz CT molecular complexity index is 1230. The van der Waals surface area contributed by atoms with Crippen LogP contribution < -0.4 is 20.9 Å². The third-order valence-corrected chi connectivity index (χ3v) is 5.98. The number of amides is 3. The Hall–Kier alpha value is -3.65. The lowest BCUT2D eigenvalue weighted by Crippen LogP contribution is -2.41. The van der Waals surface area contributed by atoms with Crippen LogP contribution in [0.5, 0.6) is 5.75 Å². The van der Waals surface area contributed by atoms with Crippen molar-refractivity contribution in [2.75, 3.05) is 11.9 Å². The Balaban J connectivity index is 1.54. The first kappa shape index (κ1) is 26.9. The molecule has 0 aliphatic rings. The van der Waals surface area contributed by atoms with E-state index in [1.165, 1.54) is 0 Å². The molecule has 8 heteroatoms. The summed E-state index contributed by atoms with van der Waals surface area (Å²) in [6, 6.07) is 18.8. The Morgan fingerprint density at radius 2 is 1.31 bits per heavy atom. The summed E-state index contributed by atoms with van der Waals surface area (Å²) in [7, 11) is 0. The SMILES string of the molecule is CCCOc1ccc(C(=O)NNC(=O)c2ccc(NC(=O)c3ccc(C(C)(C)C)cc3)cc2)cc1Br. The Morgan fingerprint density at radius 1 is 0.778 bits per heavy atom. The highest BCUT2D eigenvalue weighted by molar-refractivity contribution is 9.10. The maximum Gasteiger partial charge on any atom is 0.269 e. The van der Waals surface area contributed by atoms with E-state index in [0.29, 0.717) is 39.2 Å². The standard InChI is InChI=1S/C28H30BrN3O4/c1-5-16-36-24-15-10-20(17-23(24)29)27(35)32-31-26(34)19-8-13-22(14-9-19)30-25(33)18-6-11-21(12-7-18)28(2,3)4/h6-15,17H,5,16H2,1-4H3,(H,30,33)(H,31,34)(H,32,35). The number of nitrogens with one attached hydrogen (secondary N) is 3. The smallest absolute Gasteiger partial charge is 0.269 e. The molecule has 0 atom stereocenters. The van der Waals surface area contributed by atoms with Crippen LogP contribution in [0.4, 0.5) is 5.69 Å². The predicted molar refractivity (Wildman–Crippen MR) is 144 cm³/mol. The highest BCUT2D eigenvalue weighted by Crippen LogP contribution is 2.26. The minimum atomic E-state index is -0.485. The maximum atomic E-state index is 12.6. The summed E-state index contributed by atoms with van der Waals surface area (Å²) in [5, 5.41) is 2.82. The summed E-state index contributed by atoms with van der Waals surface area (Å²) < 4.78 is 6.23. The highest BCUT2D eigenvalue weighted by Gasteiger charge is 2.15. The summed E-state index contributed by atoms with van der Waals surface area (Å²) >= 11 is 3.39. The van der Waals surface area contributed by atoms with Crippen molar-refractivity contribution in [3.8, 4) is 5.75 Å². The molecule has 3 rings (SSSR count). The third kappa shape index (κ3) is 7.18. The summed E-state index contributed by atoms with van der Waals surface area (Å²) in [5.41, 5.74) is 7.74. The lowest BCUT2D eigenvalue weighted by molar-refractivity contribution is 0.0846. The van der Waals surface area contributed by atoms with Crippen molar-refractivity contribution in [1.82, 2.24) is 10.9 Å². The van der Waals surface area contributed by atoms with E-state index in [0.717, 1.165) is 12.0 Å². The number of rotatable bonds is 7. The van der Waals surface area contributed by atoms with Gasteiger partial charge in [0, 0.05) is 22.4 Å². The molecule has 0 fully saturated rings. The van der Waals surface area contributed by atoms with Gasteiger partial charge in [0.15, 0.2) is 0 Å². The number of carbonyl (C=O) groups is 3. The van der Waals surface area contributed by atoms with Crippen LogP contribution in [0.2, 0.25) is 0 Å². The second-order valence-corrected chi connectivity index (χ2v) is 10.1. The number of halogens is 1. The number of carbonyl (C=O) groups excluding carboxylic acids is 3. The van der Waals surface area contributed by atoms with Gasteiger partial charge in [0.25, 0.3) is 17.7 Å². The molecule has 0 unspecified atom stereocenters. The predicted octanol–water partition coefficient (Wildman–Crippen LogP) is 5.86. The number of ether oxygens (including phenoxy) is 1. The fourth-order valence-corrected chi connectivity index (χ4v) is 3.75. The van der Waals surface area contributed by atoms with Crippen LogP contribution in [0.25, 0.3) is 0 Å². The zero-order chi connectivity index (χ0) is 26.3. The molecule has 0 saturated carbocycles. The fourth-order valence-electron chi connectivity index (χ4n) is 3.26. The molecular weight excluding hydrogens is 522 g/mol. The van der Waals surface area contributed by atoms with Crippen LogP contribution >= 0.6 is 15.9 Å². The van der Waals surface area contributed by atoms with Crippen molar-refractivity contribution in [3.05, 3.63) is 93.5 Å². The van der Waals surface area contributed by atoms with Gasteiger partial charge < -0.3 is 10.1 Å². The zero-order valence-corrected chi connectivity index (χ0v) is 22.4. The molecule has 0 aliphatic heterocycles. The second-order valence-electron chi connectivity index (χ2n) is 9.26. The van der Waals surface area contributed by atoms with Crippen LogP contribution in [0, 0.1) is 0 Å². The van der Waals surface area contributed by atoms with Gasteiger partial charge in [-0.2, -0.15) is 0 Å². The van der Waals surface area contributed by atoms with E-state index in [2.05, 4.69) is 52.9 Å². The van der Waals surface area contributed by atoms with Crippen LogP contribution in [-0.2, 0) is 5.41 Å². The van der Waals surface area contributed by atoms with Crippen LogP contribution in [0.1, 0.15) is 70.8 Å². The lowest BCUT2D eigenvalue weighted by Gasteiger charge is -2.19. The normalized spacial score (nSPS) is 10.9. The molecule has 0 aliphatic carbocycles. The van der Waals surface area contributed by atoms with Gasteiger partial charge in [-0.05, 0) is 87.9 Å². The number of hydrazine groups is 1. The molecule has 3 aromatic carbocycles. The molecule has 7 nitrogen and oxygen atoms in total. The number of hydrogen-bond donors (Lipinski definition) is 3. The molecule has 0 aromatic heterocycles. The summed E-state index contributed by atoms with van der Waals surface area (Å²) in [5.74, 6) is -0.544. The molecule has 0 heterocycles. The first-order chi connectivity index (χ1) is 17.1.